The van der Waals surface area contributed by atoms with Crippen LogP contribution in [0.1, 0.15) is 30.6 Å². The van der Waals surface area contributed by atoms with E-state index in [0.717, 1.165) is 12.5 Å². The van der Waals surface area contributed by atoms with Crippen molar-refractivity contribution < 1.29 is 18.3 Å². The Morgan fingerprint density at radius 3 is 2.53 bits per heavy atom. The summed E-state index contributed by atoms with van der Waals surface area (Å²) in [6, 6.07) is 3.88. The van der Waals surface area contributed by atoms with Gasteiger partial charge in [-0.25, -0.2) is 17.9 Å². The van der Waals surface area contributed by atoms with Crippen LogP contribution in [0.15, 0.2) is 27.6 Å². The number of carboxylic acid groups (broad SMARTS) is 1. The lowest BCUT2D eigenvalue weighted by Crippen LogP contribution is -2.28. The van der Waals surface area contributed by atoms with Gasteiger partial charge in [0.05, 0.1) is 10.5 Å². The Bertz CT molecular complexity index is 639. The van der Waals surface area contributed by atoms with Gasteiger partial charge in [0, 0.05) is 10.5 Å². The summed E-state index contributed by atoms with van der Waals surface area (Å²) in [7, 11) is -3.68. The minimum atomic E-state index is -3.68. The summed E-state index contributed by atoms with van der Waals surface area (Å²) in [4.78, 5) is 11.0. The summed E-state index contributed by atoms with van der Waals surface area (Å²) in [5, 5.41) is 8.99. The van der Waals surface area contributed by atoms with Crippen LogP contribution >= 0.6 is 15.9 Å². The number of carbonyl (C=O) groups is 1. The summed E-state index contributed by atoms with van der Waals surface area (Å²) in [5.74, 6) is -1.17. The molecule has 5 nitrogen and oxygen atoms in total. The van der Waals surface area contributed by atoms with Crippen LogP contribution in [-0.2, 0) is 10.0 Å². The second-order valence-electron chi connectivity index (χ2n) is 5.31. The van der Waals surface area contributed by atoms with E-state index in [9.17, 15) is 13.2 Å². The number of rotatable bonds is 4. The molecule has 0 spiro atoms. The standard InChI is InChI=1S/C12H14BrNO4S/c1-12(2)6-10(12)14-19(17,18)7-3-4-9(13)8(5-7)11(15)16/h3-5,10,14H,6H2,1-2H3,(H,15,16). The van der Waals surface area contributed by atoms with E-state index in [-0.39, 0.29) is 21.9 Å². The van der Waals surface area contributed by atoms with Crippen molar-refractivity contribution in [3.8, 4) is 0 Å². The van der Waals surface area contributed by atoms with E-state index >= 15 is 0 Å². The van der Waals surface area contributed by atoms with Gasteiger partial charge in [0.2, 0.25) is 10.0 Å². The minimum Gasteiger partial charge on any atom is -0.478 e. The summed E-state index contributed by atoms with van der Waals surface area (Å²) < 4.78 is 27.2. The van der Waals surface area contributed by atoms with E-state index in [1.165, 1.54) is 12.1 Å². The number of aromatic carboxylic acids is 1. The molecule has 104 valence electrons. The van der Waals surface area contributed by atoms with Crippen LogP contribution in [0.2, 0.25) is 0 Å². The largest absolute Gasteiger partial charge is 0.478 e. The Morgan fingerprint density at radius 1 is 1.47 bits per heavy atom. The molecule has 1 aliphatic carbocycles. The average Bonchev–Trinajstić information content (AvgIpc) is 2.84. The van der Waals surface area contributed by atoms with Gasteiger partial charge < -0.3 is 5.11 Å². The van der Waals surface area contributed by atoms with Gasteiger partial charge in [-0.15, -0.1) is 0 Å². The van der Waals surface area contributed by atoms with E-state index in [1.54, 1.807) is 0 Å². The SMILES string of the molecule is CC1(C)CC1NS(=O)(=O)c1ccc(Br)c(C(=O)O)c1. The molecule has 0 radical (unpaired) electrons. The first kappa shape index (κ1) is 14.5. The first-order chi connectivity index (χ1) is 8.63. The maximum Gasteiger partial charge on any atom is 0.336 e. The molecule has 0 aromatic heterocycles. The minimum absolute atomic E-state index is 0.0297. The summed E-state index contributed by atoms with van der Waals surface area (Å²) >= 11 is 3.08. The van der Waals surface area contributed by atoms with Crippen LogP contribution in [-0.4, -0.2) is 25.5 Å². The molecule has 1 saturated carbocycles. The lowest BCUT2D eigenvalue weighted by Gasteiger charge is -2.09. The van der Waals surface area contributed by atoms with E-state index in [2.05, 4.69) is 20.7 Å². The molecule has 0 amide bonds. The van der Waals surface area contributed by atoms with Gasteiger partial charge in [0.25, 0.3) is 0 Å². The molecular formula is C12H14BrNO4S. The van der Waals surface area contributed by atoms with Crippen LogP contribution in [0.3, 0.4) is 0 Å². The van der Waals surface area contributed by atoms with E-state index < -0.39 is 16.0 Å². The van der Waals surface area contributed by atoms with Crippen LogP contribution in [0.4, 0.5) is 0 Å². The summed E-state index contributed by atoms with van der Waals surface area (Å²) in [6.07, 6.45) is 0.786. The number of carboxylic acids is 1. The van der Waals surface area contributed by atoms with Crippen molar-refractivity contribution in [2.45, 2.75) is 31.2 Å². The lowest BCUT2D eigenvalue weighted by atomic mass is 10.2. The van der Waals surface area contributed by atoms with E-state index in [0.29, 0.717) is 4.47 Å². The molecule has 7 heteroatoms. The third-order valence-corrected chi connectivity index (χ3v) is 5.45. The van der Waals surface area contributed by atoms with Crippen LogP contribution < -0.4 is 4.72 Å². The Labute approximate surface area is 120 Å². The van der Waals surface area contributed by atoms with Crippen LogP contribution in [0.25, 0.3) is 0 Å². The average molecular weight is 348 g/mol. The van der Waals surface area contributed by atoms with E-state index in [4.69, 9.17) is 5.11 Å². The molecular weight excluding hydrogens is 334 g/mol. The first-order valence-electron chi connectivity index (χ1n) is 5.69. The highest BCUT2D eigenvalue weighted by molar-refractivity contribution is 9.10. The van der Waals surface area contributed by atoms with Crippen molar-refractivity contribution in [1.29, 1.82) is 0 Å². The zero-order chi connectivity index (χ0) is 14.4. The predicted octanol–water partition coefficient (Wildman–Crippen LogP) is 2.22. The van der Waals surface area contributed by atoms with Crippen molar-refractivity contribution in [3.05, 3.63) is 28.2 Å². The highest BCUT2D eigenvalue weighted by atomic mass is 79.9. The zero-order valence-corrected chi connectivity index (χ0v) is 12.9. The molecule has 0 heterocycles. The second-order valence-corrected chi connectivity index (χ2v) is 7.88. The topological polar surface area (TPSA) is 83.5 Å². The Morgan fingerprint density at radius 2 is 2.05 bits per heavy atom. The van der Waals surface area contributed by atoms with Gasteiger partial charge in [0.1, 0.15) is 0 Å². The van der Waals surface area contributed by atoms with Gasteiger partial charge >= 0.3 is 5.97 Å². The van der Waals surface area contributed by atoms with E-state index in [1.807, 2.05) is 13.8 Å². The second kappa shape index (κ2) is 4.57. The number of benzene rings is 1. The van der Waals surface area contributed by atoms with Crippen molar-refractivity contribution in [2.24, 2.45) is 5.41 Å². The van der Waals surface area contributed by atoms with Gasteiger partial charge in [-0.1, -0.05) is 13.8 Å². The molecule has 2 N–H and O–H groups in total. The normalized spacial score (nSPS) is 21.1. The first-order valence-corrected chi connectivity index (χ1v) is 7.96. The molecule has 1 unspecified atom stereocenters. The van der Waals surface area contributed by atoms with Crippen molar-refractivity contribution in [1.82, 2.24) is 4.72 Å². The summed E-state index contributed by atoms with van der Waals surface area (Å²) in [6.45, 7) is 3.95. The Balaban J connectivity index is 2.31. The van der Waals surface area contributed by atoms with Crippen molar-refractivity contribution in [2.75, 3.05) is 0 Å². The Hall–Kier alpha value is -0.920. The highest BCUT2D eigenvalue weighted by Gasteiger charge is 2.47. The molecule has 0 bridgehead atoms. The lowest BCUT2D eigenvalue weighted by molar-refractivity contribution is 0.0695. The molecule has 1 aromatic rings. The number of hydrogen-bond acceptors (Lipinski definition) is 3. The van der Waals surface area contributed by atoms with Crippen LogP contribution in [0.5, 0.6) is 0 Å². The third-order valence-electron chi connectivity index (χ3n) is 3.29. The zero-order valence-electron chi connectivity index (χ0n) is 10.5. The number of nitrogens with one attached hydrogen (secondary N) is 1. The number of sulfonamides is 1. The molecule has 2 rings (SSSR count). The Kier molecular flexibility index (Phi) is 3.49. The van der Waals surface area contributed by atoms with Gasteiger partial charge in [0.15, 0.2) is 0 Å². The van der Waals surface area contributed by atoms with Crippen molar-refractivity contribution in [3.63, 3.8) is 0 Å². The molecule has 1 aromatic carbocycles. The number of hydrogen-bond donors (Lipinski definition) is 2. The maximum atomic E-state index is 12.1. The smallest absolute Gasteiger partial charge is 0.336 e. The molecule has 1 atom stereocenters. The van der Waals surface area contributed by atoms with Crippen LogP contribution in [0, 0.1) is 5.41 Å². The molecule has 0 saturated heterocycles. The molecule has 0 aliphatic heterocycles. The number of halogens is 1. The predicted molar refractivity (Wildman–Crippen MR) is 73.6 cm³/mol. The molecule has 19 heavy (non-hydrogen) atoms. The van der Waals surface area contributed by atoms with Gasteiger partial charge in [-0.2, -0.15) is 0 Å². The van der Waals surface area contributed by atoms with Gasteiger partial charge in [-0.05, 0) is 46.0 Å². The van der Waals surface area contributed by atoms with Crippen molar-refractivity contribution >= 4 is 31.9 Å². The fraction of sp³-hybridized carbons (Fsp3) is 0.417. The maximum absolute atomic E-state index is 12.1. The molecule has 1 fully saturated rings. The molecule has 1 aliphatic rings. The fourth-order valence-electron chi connectivity index (χ4n) is 1.76. The third kappa shape index (κ3) is 2.98. The quantitative estimate of drug-likeness (QED) is 0.874. The fourth-order valence-corrected chi connectivity index (χ4v) is 3.61. The monoisotopic (exact) mass is 347 g/mol. The van der Waals surface area contributed by atoms with Gasteiger partial charge in [-0.3, -0.25) is 0 Å². The summed E-state index contributed by atoms with van der Waals surface area (Å²) in [5.41, 5.74) is -0.101. The highest BCUT2D eigenvalue weighted by Crippen LogP contribution is 2.45.